The highest BCUT2D eigenvalue weighted by molar-refractivity contribution is 5.41. The summed E-state index contributed by atoms with van der Waals surface area (Å²) >= 11 is 0. The van der Waals surface area contributed by atoms with Crippen molar-refractivity contribution in [2.24, 2.45) is 11.1 Å². The first-order valence-corrected chi connectivity index (χ1v) is 7.73. The van der Waals surface area contributed by atoms with Gasteiger partial charge in [-0.15, -0.1) is 0 Å². The molecule has 2 N–H and O–H groups in total. The summed E-state index contributed by atoms with van der Waals surface area (Å²) in [5, 5.41) is 0. The SMILES string of the molecule is COc1ccc(OC)c(CC(C)(CN)CN2CCCC2)c1. The molecule has 1 aliphatic heterocycles. The van der Waals surface area contributed by atoms with E-state index in [0.717, 1.165) is 24.5 Å². The zero-order chi connectivity index (χ0) is 15.3. The lowest BCUT2D eigenvalue weighted by molar-refractivity contribution is 0.195. The molecule has 1 aliphatic rings. The molecule has 1 aromatic carbocycles. The molecule has 0 saturated carbocycles. The van der Waals surface area contributed by atoms with E-state index in [9.17, 15) is 0 Å². The highest BCUT2D eigenvalue weighted by Crippen LogP contribution is 2.31. The van der Waals surface area contributed by atoms with Gasteiger partial charge >= 0.3 is 0 Å². The minimum atomic E-state index is 0.0595. The van der Waals surface area contributed by atoms with E-state index < -0.39 is 0 Å². The van der Waals surface area contributed by atoms with Gasteiger partial charge in [0, 0.05) is 6.54 Å². The third-order valence-electron chi connectivity index (χ3n) is 4.40. The van der Waals surface area contributed by atoms with Gasteiger partial charge < -0.3 is 20.1 Å². The van der Waals surface area contributed by atoms with Crippen LogP contribution in [0.25, 0.3) is 0 Å². The molecular weight excluding hydrogens is 264 g/mol. The van der Waals surface area contributed by atoms with Crippen molar-refractivity contribution < 1.29 is 9.47 Å². The average molecular weight is 292 g/mol. The van der Waals surface area contributed by atoms with Crippen molar-refractivity contribution in [1.29, 1.82) is 0 Å². The average Bonchev–Trinajstić information content (AvgIpc) is 2.99. The van der Waals surface area contributed by atoms with Crippen LogP contribution >= 0.6 is 0 Å². The molecule has 0 amide bonds. The summed E-state index contributed by atoms with van der Waals surface area (Å²) in [6, 6.07) is 5.97. The van der Waals surface area contributed by atoms with E-state index >= 15 is 0 Å². The maximum absolute atomic E-state index is 6.10. The fourth-order valence-electron chi connectivity index (χ4n) is 3.15. The van der Waals surface area contributed by atoms with Gasteiger partial charge in [-0.05, 0) is 68.1 Å². The van der Waals surface area contributed by atoms with Crippen molar-refractivity contribution in [3.63, 3.8) is 0 Å². The Bertz CT molecular complexity index is 458. The summed E-state index contributed by atoms with van der Waals surface area (Å²) in [7, 11) is 3.41. The zero-order valence-corrected chi connectivity index (χ0v) is 13.5. The Labute approximate surface area is 128 Å². The van der Waals surface area contributed by atoms with Crippen LogP contribution < -0.4 is 15.2 Å². The van der Waals surface area contributed by atoms with E-state index in [1.165, 1.54) is 31.5 Å². The topological polar surface area (TPSA) is 47.7 Å². The Morgan fingerprint density at radius 2 is 1.90 bits per heavy atom. The zero-order valence-electron chi connectivity index (χ0n) is 13.5. The lowest BCUT2D eigenvalue weighted by atomic mass is 9.82. The minimum absolute atomic E-state index is 0.0595. The first kappa shape index (κ1) is 16.1. The Kier molecular flexibility index (Phi) is 5.48. The van der Waals surface area contributed by atoms with Crippen LogP contribution in [0.3, 0.4) is 0 Å². The fraction of sp³-hybridized carbons (Fsp3) is 0.647. The third-order valence-corrected chi connectivity index (χ3v) is 4.40. The highest BCUT2D eigenvalue weighted by atomic mass is 16.5. The smallest absolute Gasteiger partial charge is 0.122 e. The molecule has 21 heavy (non-hydrogen) atoms. The molecule has 0 bridgehead atoms. The summed E-state index contributed by atoms with van der Waals surface area (Å²) in [6.07, 6.45) is 3.52. The maximum Gasteiger partial charge on any atom is 0.122 e. The molecule has 1 fully saturated rings. The molecule has 1 unspecified atom stereocenters. The van der Waals surface area contributed by atoms with Crippen LogP contribution in [0.5, 0.6) is 11.5 Å². The highest BCUT2D eigenvalue weighted by Gasteiger charge is 2.28. The second kappa shape index (κ2) is 7.14. The summed E-state index contributed by atoms with van der Waals surface area (Å²) < 4.78 is 10.8. The number of ether oxygens (including phenoxy) is 2. The summed E-state index contributed by atoms with van der Waals surface area (Å²) in [5.74, 6) is 1.78. The molecule has 1 saturated heterocycles. The molecule has 0 aliphatic carbocycles. The second-order valence-electron chi connectivity index (χ2n) is 6.35. The van der Waals surface area contributed by atoms with E-state index in [4.69, 9.17) is 15.2 Å². The quantitative estimate of drug-likeness (QED) is 0.838. The number of benzene rings is 1. The molecule has 1 heterocycles. The van der Waals surface area contributed by atoms with Crippen LogP contribution in [0.2, 0.25) is 0 Å². The van der Waals surface area contributed by atoms with Gasteiger partial charge in [0.05, 0.1) is 14.2 Å². The van der Waals surface area contributed by atoms with Crippen LogP contribution in [-0.4, -0.2) is 45.3 Å². The Morgan fingerprint density at radius 1 is 1.19 bits per heavy atom. The van der Waals surface area contributed by atoms with Gasteiger partial charge in [0.1, 0.15) is 11.5 Å². The van der Waals surface area contributed by atoms with Gasteiger partial charge in [-0.1, -0.05) is 6.92 Å². The first-order valence-electron chi connectivity index (χ1n) is 7.73. The third kappa shape index (κ3) is 4.11. The molecule has 2 rings (SSSR count). The van der Waals surface area contributed by atoms with Gasteiger partial charge in [-0.25, -0.2) is 0 Å². The van der Waals surface area contributed by atoms with Gasteiger partial charge in [0.25, 0.3) is 0 Å². The number of methoxy groups -OCH3 is 2. The minimum Gasteiger partial charge on any atom is -0.497 e. The van der Waals surface area contributed by atoms with Crippen molar-refractivity contribution in [3.05, 3.63) is 23.8 Å². The van der Waals surface area contributed by atoms with Crippen molar-refractivity contribution in [2.75, 3.05) is 40.4 Å². The number of likely N-dealkylation sites (tertiary alicyclic amines) is 1. The standard InChI is InChI=1S/C17H28N2O2/c1-17(12-18,13-19-8-4-5-9-19)11-14-10-15(20-2)6-7-16(14)21-3/h6-7,10H,4-5,8-9,11-13,18H2,1-3H3. The predicted octanol–water partition coefficient (Wildman–Crippen LogP) is 2.31. The van der Waals surface area contributed by atoms with Crippen LogP contribution in [0.4, 0.5) is 0 Å². The van der Waals surface area contributed by atoms with Crippen LogP contribution in [0.15, 0.2) is 18.2 Å². The van der Waals surface area contributed by atoms with E-state index in [2.05, 4.69) is 17.9 Å². The number of hydrogen-bond donors (Lipinski definition) is 1. The molecule has 0 aromatic heterocycles. The summed E-state index contributed by atoms with van der Waals surface area (Å²) in [5.41, 5.74) is 7.33. The fourth-order valence-corrected chi connectivity index (χ4v) is 3.15. The summed E-state index contributed by atoms with van der Waals surface area (Å²) in [6.45, 7) is 6.38. The largest absolute Gasteiger partial charge is 0.497 e. The second-order valence-corrected chi connectivity index (χ2v) is 6.35. The Balaban J connectivity index is 2.15. The van der Waals surface area contributed by atoms with Gasteiger partial charge in [0.15, 0.2) is 0 Å². The molecular formula is C17H28N2O2. The van der Waals surface area contributed by atoms with Crippen LogP contribution in [0, 0.1) is 5.41 Å². The monoisotopic (exact) mass is 292 g/mol. The normalized spacial score (nSPS) is 18.5. The molecule has 4 nitrogen and oxygen atoms in total. The number of hydrogen-bond acceptors (Lipinski definition) is 4. The molecule has 118 valence electrons. The van der Waals surface area contributed by atoms with Crippen molar-refractivity contribution >= 4 is 0 Å². The van der Waals surface area contributed by atoms with E-state index in [1.54, 1.807) is 14.2 Å². The molecule has 0 spiro atoms. The van der Waals surface area contributed by atoms with Crippen molar-refractivity contribution in [3.8, 4) is 11.5 Å². The number of rotatable bonds is 7. The molecule has 4 heteroatoms. The Hall–Kier alpha value is -1.26. The van der Waals surface area contributed by atoms with Crippen LogP contribution in [-0.2, 0) is 6.42 Å². The maximum atomic E-state index is 6.10. The lowest BCUT2D eigenvalue weighted by Gasteiger charge is -2.33. The Morgan fingerprint density at radius 3 is 2.48 bits per heavy atom. The van der Waals surface area contributed by atoms with Gasteiger partial charge in [-0.3, -0.25) is 0 Å². The van der Waals surface area contributed by atoms with Crippen molar-refractivity contribution in [1.82, 2.24) is 4.90 Å². The molecule has 0 radical (unpaired) electrons. The first-order chi connectivity index (χ1) is 10.1. The van der Waals surface area contributed by atoms with Gasteiger partial charge in [0.2, 0.25) is 0 Å². The number of nitrogens with two attached hydrogens (primary N) is 1. The number of nitrogens with zero attached hydrogens (tertiary/aromatic N) is 1. The predicted molar refractivity (Wildman–Crippen MR) is 86.1 cm³/mol. The van der Waals surface area contributed by atoms with E-state index in [0.29, 0.717) is 6.54 Å². The van der Waals surface area contributed by atoms with Gasteiger partial charge in [-0.2, -0.15) is 0 Å². The molecule has 1 atom stereocenters. The van der Waals surface area contributed by atoms with E-state index in [-0.39, 0.29) is 5.41 Å². The molecule has 1 aromatic rings. The van der Waals surface area contributed by atoms with Crippen LogP contribution in [0.1, 0.15) is 25.3 Å². The van der Waals surface area contributed by atoms with Crippen molar-refractivity contribution in [2.45, 2.75) is 26.2 Å². The lowest BCUT2D eigenvalue weighted by Crippen LogP contribution is -2.41. The van der Waals surface area contributed by atoms with E-state index in [1.807, 2.05) is 12.1 Å². The summed E-state index contributed by atoms with van der Waals surface area (Å²) in [4.78, 5) is 2.53.